The number of carbonyl (C=O) groups is 1. The monoisotopic (exact) mass is 338 g/mol. The molecule has 2 fully saturated rings. The molecule has 1 aliphatic heterocycles. The average molecular weight is 338 g/mol. The van der Waals surface area contributed by atoms with Gasteiger partial charge in [0.05, 0.1) is 17.5 Å². The predicted octanol–water partition coefficient (Wildman–Crippen LogP) is 1.23. The van der Waals surface area contributed by atoms with Crippen LogP contribution >= 0.6 is 11.8 Å². The minimum Gasteiger partial charge on any atom is -0.353 e. The normalized spacial score (nSPS) is 20.9. The number of tetrazole rings is 1. The number of hydrogen-bond donors (Lipinski definition) is 1. The van der Waals surface area contributed by atoms with Crippen LogP contribution in [0, 0.1) is 0 Å². The number of amides is 1. The summed E-state index contributed by atoms with van der Waals surface area (Å²) in [5, 5.41) is 15.2. The number of piperidine rings is 1. The highest BCUT2D eigenvalue weighted by Crippen LogP contribution is 2.29. The zero-order valence-corrected chi connectivity index (χ0v) is 14.6. The molecular weight excluding hydrogens is 312 g/mol. The van der Waals surface area contributed by atoms with Crippen LogP contribution in [-0.2, 0) is 10.5 Å². The maximum absolute atomic E-state index is 12.1. The second-order valence-electron chi connectivity index (χ2n) is 6.62. The molecule has 1 aromatic heterocycles. The van der Waals surface area contributed by atoms with E-state index in [-0.39, 0.29) is 5.91 Å². The fourth-order valence-electron chi connectivity index (χ4n) is 3.40. The summed E-state index contributed by atoms with van der Waals surface area (Å²) in [5.41, 5.74) is 0. The minimum absolute atomic E-state index is 0.129. The average Bonchev–Trinajstić information content (AvgIpc) is 3.20. The van der Waals surface area contributed by atoms with Gasteiger partial charge in [0, 0.05) is 6.04 Å². The second-order valence-corrected chi connectivity index (χ2v) is 7.60. The topological polar surface area (TPSA) is 75.9 Å². The first-order valence-electron chi connectivity index (χ1n) is 8.55. The third-order valence-electron chi connectivity index (χ3n) is 4.78. The van der Waals surface area contributed by atoms with Crippen molar-refractivity contribution in [2.45, 2.75) is 56.4 Å². The number of thioether (sulfide) groups is 1. The van der Waals surface area contributed by atoms with E-state index in [0.29, 0.717) is 23.6 Å². The van der Waals surface area contributed by atoms with Crippen molar-refractivity contribution in [1.29, 1.82) is 0 Å². The maximum atomic E-state index is 12.1. The van der Waals surface area contributed by atoms with Crippen molar-refractivity contribution in [3.63, 3.8) is 0 Å². The fourth-order valence-corrected chi connectivity index (χ4v) is 4.14. The fraction of sp³-hybridized carbons (Fsp3) is 0.867. The Morgan fingerprint density at radius 3 is 2.74 bits per heavy atom. The Hall–Kier alpha value is -1.15. The molecule has 23 heavy (non-hydrogen) atoms. The van der Waals surface area contributed by atoms with Crippen molar-refractivity contribution in [2.24, 2.45) is 0 Å². The smallest absolute Gasteiger partial charge is 0.230 e. The van der Waals surface area contributed by atoms with Crippen LogP contribution in [0.25, 0.3) is 0 Å². The Kier molecular flexibility index (Phi) is 5.88. The van der Waals surface area contributed by atoms with Gasteiger partial charge in [-0.25, -0.2) is 4.68 Å². The van der Waals surface area contributed by atoms with Gasteiger partial charge in [0.2, 0.25) is 5.91 Å². The van der Waals surface area contributed by atoms with E-state index in [1.54, 1.807) is 11.8 Å². The number of nitrogens with one attached hydrogen (secondary N) is 1. The summed E-state index contributed by atoms with van der Waals surface area (Å²) in [5.74, 6) is 2.20. The van der Waals surface area contributed by atoms with Crippen molar-refractivity contribution >= 4 is 17.7 Å². The van der Waals surface area contributed by atoms with E-state index >= 15 is 0 Å². The summed E-state index contributed by atoms with van der Waals surface area (Å²) in [6.07, 6.45) is 6.95. The van der Waals surface area contributed by atoms with Crippen molar-refractivity contribution in [2.75, 3.05) is 25.9 Å². The molecule has 1 aliphatic carbocycles. The van der Waals surface area contributed by atoms with Crippen LogP contribution in [0.2, 0.25) is 0 Å². The maximum Gasteiger partial charge on any atom is 0.230 e. The van der Waals surface area contributed by atoms with Crippen LogP contribution < -0.4 is 5.32 Å². The van der Waals surface area contributed by atoms with E-state index in [4.69, 9.17) is 0 Å². The standard InChI is InChI=1S/C15H26N6OS/c1-20-8-6-12(7-9-20)16-15(22)11-23-10-14-17-18-19-21(14)13-4-2-3-5-13/h12-13H,2-11H2,1H3,(H,16,22). The second kappa shape index (κ2) is 8.10. The van der Waals surface area contributed by atoms with Crippen molar-refractivity contribution < 1.29 is 4.79 Å². The van der Waals surface area contributed by atoms with Crippen LogP contribution in [0.3, 0.4) is 0 Å². The van der Waals surface area contributed by atoms with E-state index in [2.05, 4.69) is 32.8 Å². The van der Waals surface area contributed by atoms with Gasteiger partial charge in [0.25, 0.3) is 0 Å². The summed E-state index contributed by atoms with van der Waals surface area (Å²) in [4.78, 5) is 14.4. The van der Waals surface area contributed by atoms with E-state index in [0.717, 1.165) is 31.8 Å². The molecule has 0 aromatic carbocycles. The zero-order chi connectivity index (χ0) is 16.1. The van der Waals surface area contributed by atoms with Gasteiger partial charge in [-0.15, -0.1) is 16.9 Å². The molecule has 3 rings (SSSR count). The molecule has 1 N–H and O–H groups in total. The van der Waals surface area contributed by atoms with Crippen molar-refractivity contribution in [3.8, 4) is 0 Å². The third-order valence-corrected chi connectivity index (χ3v) is 5.71. The molecule has 0 radical (unpaired) electrons. The Bertz CT molecular complexity index is 508. The lowest BCUT2D eigenvalue weighted by Crippen LogP contribution is -2.43. The molecule has 0 atom stereocenters. The molecule has 0 spiro atoms. The first-order valence-corrected chi connectivity index (χ1v) is 9.70. The third kappa shape index (κ3) is 4.67. The van der Waals surface area contributed by atoms with Crippen LogP contribution in [-0.4, -0.2) is 62.9 Å². The first-order chi connectivity index (χ1) is 11.2. The molecule has 7 nitrogen and oxygen atoms in total. The summed E-state index contributed by atoms with van der Waals surface area (Å²) in [7, 11) is 2.13. The summed E-state index contributed by atoms with van der Waals surface area (Å²) < 4.78 is 1.97. The molecule has 1 saturated carbocycles. The summed E-state index contributed by atoms with van der Waals surface area (Å²) in [6, 6.07) is 0.789. The van der Waals surface area contributed by atoms with Gasteiger partial charge >= 0.3 is 0 Å². The van der Waals surface area contributed by atoms with Crippen LogP contribution in [0.1, 0.15) is 50.4 Å². The largest absolute Gasteiger partial charge is 0.353 e. The highest BCUT2D eigenvalue weighted by molar-refractivity contribution is 7.99. The van der Waals surface area contributed by atoms with Gasteiger partial charge in [0.1, 0.15) is 0 Å². The lowest BCUT2D eigenvalue weighted by atomic mass is 10.1. The van der Waals surface area contributed by atoms with Crippen molar-refractivity contribution in [1.82, 2.24) is 30.4 Å². The molecular formula is C15H26N6OS. The molecule has 128 valence electrons. The molecule has 0 bridgehead atoms. The van der Waals surface area contributed by atoms with Gasteiger partial charge in [0.15, 0.2) is 5.82 Å². The summed E-state index contributed by atoms with van der Waals surface area (Å²) in [6.45, 7) is 2.13. The molecule has 1 aromatic rings. The van der Waals surface area contributed by atoms with Crippen LogP contribution in [0.4, 0.5) is 0 Å². The van der Waals surface area contributed by atoms with Gasteiger partial charge in [-0.1, -0.05) is 12.8 Å². The lowest BCUT2D eigenvalue weighted by Gasteiger charge is -2.29. The molecule has 1 saturated heterocycles. The Morgan fingerprint density at radius 2 is 2.00 bits per heavy atom. The van der Waals surface area contributed by atoms with E-state index < -0.39 is 0 Å². The highest BCUT2D eigenvalue weighted by atomic mass is 32.2. The van der Waals surface area contributed by atoms with E-state index in [1.165, 1.54) is 25.7 Å². The summed E-state index contributed by atoms with van der Waals surface area (Å²) >= 11 is 1.60. The number of nitrogens with zero attached hydrogens (tertiary/aromatic N) is 5. The van der Waals surface area contributed by atoms with Crippen LogP contribution in [0.5, 0.6) is 0 Å². The zero-order valence-electron chi connectivity index (χ0n) is 13.8. The number of hydrogen-bond acceptors (Lipinski definition) is 6. The molecule has 8 heteroatoms. The number of likely N-dealkylation sites (tertiary alicyclic amines) is 1. The highest BCUT2D eigenvalue weighted by Gasteiger charge is 2.22. The minimum atomic E-state index is 0.129. The molecule has 0 unspecified atom stereocenters. The van der Waals surface area contributed by atoms with Gasteiger partial charge in [-0.3, -0.25) is 4.79 Å². The first kappa shape index (κ1) is 16.7. The van der Waals surface area contributed by atoms with Gasteiger partial charge in [-0.05, 0) is 56.2 Å². The lowest BCUT2D eigenvalue weighted by molar-refractivity contribution is -0.119. The SMILES string of the molecule is CN1CCC(NC(=O)CSCc2nnnn2C2CCCC2)CC1. The van der Waals surface area contributed by atoms with Gasteiger partial charge in [-0.2, -0.15) is 0 Å². The Labute approximate surface area is 141 Å². The molecule has 1 amide bonds. The number of aromatic nitrogens is 4. The number of carbonyl (C=O) groups excluding carboxylic acids is 1. The van der Waals surface area contributed by atoms with Crippen LogP contribution in [0.15, 0.2) is 0 Å². The molecule has 2 heterocycles. The molecule has 2 aliphatic rings. The van der Waals surface area contributed by atoms with E-state index in [1.807, 2.05) is 4.68 Å². The van der Waals surface area contributed by atoms with Crippen molar-refractivity contribution in [3.05, 3.63) is 5.82 Å². The number of rotatable bonds is 6. The van der Waals surface area contributed by atoms with E-state index in [9.17, 15) is 4.79 Å². The Morgan fingerprint density at radius 1 is 1.26 bits per heavy atom. The van der Waals surface area contributed by atoms with Gasteiger partial charge < -0.3 is 10.2 Å². The predicted molar refractivity (Wildman–Crippen MR) is 90.1 cm³/mol. The quantitative estimate of drug-likeness (QED) is 0.841. The Balaban J connectivity index is 1.39.